The van der Waals surface area contributed by atoms with Crippen molar-refractivity contribution in [3.05, 3.63) is 24.5 Å². The van der Waals surface area contributed by atoms with Crippen molar-refractivity contribution in [2.24, 2.45) is 5.92 Å². The number of aromatic nitrogens is 1. The third kappa shape index (κ3) is 3.33. The average Bonchev–Trinajstić information content (AvgIpc) is 3.15. The zero-order chi connectivity index (χ0) is 10.8. The minimum atomic E-state index is 0. The molecule has 2 aliphatic rings. The van der Waals surface area contributed by atoms with Crippen molar-refractivity contribution < 1.29 is 21.7 Å². The zero-order valence-electron chi connectivity index (χ0n) is 10.0. The summed E-state index contributed by atoms with van der Waals surface area (Å²) in [5, 5.41) is 0. The van der Waals surface area contributed by atoms with E-state index in [0.717, 1.165) is 32.2 Å². The first-order valence-electron chi connectivity index (χ1n) is 6.23. The van der Waals surface area contributed by atoms with Gasteiger partial charge in [-0.1, -0.05) is 0 Å². The van der Waals surface area contributed by atoms with Crippen LogP contribution in [-0.2, 0) is 11.3 Å². The van der Waals surface area contributed by atoms with Crippen molar-refractivity contribution in [3.63, 3.8) is 0 Å². The number of halogens is 1. The van der Waals surface area contributed by atoms with Gasteiger partial charge in [-0.3, -0.25) is 0 Å². The Kier molecular flexibility index (Phi) is 4.24. The van der Waals surface area contributed by atoms with Crippen molar-refractivity contribution in [2.45, 2.75) is 19.4 Å². The molecule has 0 aromatic carbocycles. The standard InChI is InChI=1S/C13H19N2O.ClH/c1-2-12(1)11-14-5-3-13(4-6-14)15-7-9-16-10-8-15;/h3-6,12H,1-2,7-11H2;1H/q+1;/p-1. The number of anilines is 1. The molecule has 1 aromatic heterocycles. The molecule has 1 aliphatic heterocycles. The van der Waals surface area contributed by atoms with Crippen LogP contribution in [0.5, 0.6) is 0 Å². The fraction of sp³-hybridized carbons (Fsp3) is 0.615. The molecule has 0 N–H and O–H groups in total. The lowest BCUT2D eigenvalue weighted by Gasteiger charge is -2.28. The number of hydrogen-bond acceptors (Lipinski definition) is 2. The van der Waals surface area contributed by atoms with Crippen molar-refractivity contribution in [1.29, 1.82) is 0 Å². The fourth-order valence-electron chi connectivity index (χ4n) is 2.20. The molecule has 0 radical (unpaired) electrons. The van der Waals surface area contributed by atoms with E-state index < -0.39 is 0 Å². The first-order chi connectivity index (χ1) is 7.92. The van der Waals surface area contributed by atoms with Crippen molar-refractivity contribution >= 4 is 5.69 Å². The Labute approximate surface area is 109 Å². The molecule has 0 amide bonds. The molecule has 94 valence electrons. The topological polar surface area (TPSA) is 16.4 Å². The molecule has 1 saturated carbocycles. The maximum atomic E-state index is 5.36. The molecule has 0 bridgehead atoms. The van der Waals surface area contributed by atoms with Gasteiger partial charge in [0, 0.05) is 36.8 Å². The zero-order valence-corrected chi connectivity index (χ0v) is 10.8. The molecule has 3 rings (SSSR count). The molecule has 1 saturated heterocycles. The van der Waals surface area contributed by atoms with Gasteiger partial charge in [0.05, 0.1) is 13.2 Å². The van der Waals surface area contributed by atoms with Gasteiger partial charge in [-0.05, 0) is 12.8 Å². The third-order valence-corrected chi connectivity index (χ3v) is 3.42. The lowest BCUT2D eigenvalue weighted by atomic mass is 10.3. The van der Waals surface area contributed by atoms with Crippen LogP contribution >= 0.6 is 0 Å². The van der Waals surface area contributed by atoms with E-state index in [4.69, 9.17) is 4.74 Å². The largest absolute Gasteiger partial charge is 1.00 e. The summed E-state index contributed by atoms with van der Waals surface area (Å²) < 4.78 is 7.67. The Morgan fingerprint density at radius 2 is 1.82 bits per heavy atom. The van der Waals surface area contributed by atoms with Crippen LogP contribution < -0.4 is 21.9 Å². The molecular formula is C13H19ClN2O. The van der Waals surface area contributed by atoms with Gasteiger partial charge in [-0.15, -0.1) is 0 Å². The first-order valence-corrected chi connectivity index (χ1v) is 6.23. The summed E-state index contributed by atoms with van der Waals surface area (Å²) >= 11 is 0. The number of nitrogens with zero attached hydrogens (tertiary/aromatic N) is 2. The van der Waals surface area contributed by atoms with Gasteiger partial charge in [-0.2, -0.15) is 0 Å². The molecule has 2 heterocycles. The van der Waals surface area contributed by atoms with E-state index in [-0.39, 0.29) is 12.4 Å². The SMILES string of the molecule is [Cl-].c1c[n+](CC2CC2)ccc1N1CCOCC1. The molecule has 0 unspecified atom stereocenters. The van der Waals surface area contributed by atoms with Crippen LogP contribution in [0.4, 0.5) is 5.69 Å². The molecule has 2 fully saturated rings. The van der Waals surface area contributed by atoms with Crippen LogP contribution in [0.2, 0.25) is 0 Å². The maximum Gasteiger partial charge on any atom is 0.170 e. The summed E-state index contributed by atoms with van der Waals surface area (Å²) in [6.07, 6.45) is 7.25. The van der Waals surface area contributed by atoms with E-state index in [2.05, 4.69) is 34.0 Å². The summed E-state index contributed by atoms with van der Waals surface area (Å²) in [7, 11) is 0. The quantitative estimate of drug-likeness (QED) is 0.594. The second-order valence-corrected chi connectivity index (χ2v) is 4.80. The van der Waals surface area contributed by atoms with Crippen LogP contribution in [-0.4, -0.2) is 26.3 Å². The monoisotopic (exact) mass is 254 g/mol. The minimum Gasteiger partial charge on any atom is -1.00 e. The molecule has 1 aliphatic carbocycles. The normalized spacial score (nSPS) is 19.9. The summed E-state index contributed by atoms with van der Waals surface area (Å²) in [5.74, 6) is 0.944. The molecule has 4 heteroatoms. The van der Waals surface area contributed by atoms with Gasteiger partial charge < -0.3 is 22.0 Å². The summed E-state index contributed by atoms with van der Waals surface area (Å²) in [5.41, 5.74) is 1.33. The second-order valence-electron chi connectivity index (χ2n) is 4.80. The highest BCUT2D eigenvalue weighted by Gasteiger charge is 2.25. The molecule has 0 atom stereocenters. The maximum absolute atomic E-state index is 5.36. The Hall–Kier alpha value is -0.800. The van der Waals surface area contributed by atoms with Crippen LogP contribution in [0.1, 0.15) is 12.8 Å². The highest BCUT2D eigenvalue weighted by atomic mass is 35.5. The minimum absolute atomic E-state index is 0. The predicted octanol–water partition coefficient (Wildman–Crippen LogP) is -1.78. The van der Waals surface area contributed by atoms with Crippen molar-refractivity contribution in [2.75, 3.05) is 31.2 Å². The summed E-state index contributed by atoms with van der Waals surface area (Å²) in [4.78, 5) is 2.39. The molecule has 3 nitrogen and oxygen atoms in total. The summed E-state index contributed by atoms with van der Waals surface area (Å²) in [6, 6.07) is 4.46. The number of rotatable bonds is 3. The van der Waals surface area contributed by atoms with E-state index in [1.807, 2.05) is 0 Å². The number of morpholine rings is 1. The fourth-order valence-corrected chi connectivity index (χ4v) is 2.20. The van der Waals surface area contributed by atoms with Crippen molar-refractivity contribution in [3.8, 4) is 0 Å². The van der Waals surface area contributed by atoms with Gasteiger partial charge in [0.25, 0.3) is 0 Å². The van der Waals surface area contributed by atoms with Crippen LogP contribution in [0.25, 0.3) is 0 Å². The highest BCUT2D eigenvalue weighted by Crippen LogP contribution is 2.28. The van der Waals surface area contributed by atoms with Gasteiger partial charge in [-0.25, -0.2) is 4.57 Å². The number of ether oxygens (including phenoxy) is 1. The van der Waals surface area contributed by atoms with Crippen molar-refractivity contribution in [1.82, 2.24) is 0 Å². The third-order valence-electron chi connectivity index (χ3n) is 3.42. The Balaban J connectivity index is 0.00000108. The molecule has 0 spiro atoms. The average molecular weight is 255 g/mol. The first kappa shape index (κ1) is 12.7. The van der Waals surface area contributed by atoms with Gasteiger partial charge in [0.15, 0.2) is 18.9 Å². The van der Waals surface area contributed by atoms with E-state index in [0.29, 0.717) is 0 Å². The van der Waals surface area contributed by atoms with E-state index in [9.17, 15) is 0 Å². The van der Waals surface area contributed by atoms with E-state index in [1.54, 1.807) is 0 Å². The van der Waals surface area contributed by atoms with Crippen LogP contribution in [0.3, 0.4) is 0 Å². The Bertz CT molecular complexity index is 345. The summed E-state index contributed by atoms with van der Waals surface area (Å²) in [6.45, 7) is 4.95. The Morgan fingerprint density at radius 3 is 2.41 bits per heavy atom. The van der Waals surface area contributed by atoms with Gasteiger partial charge in [0.2, 0.25) is 0 Å². The van der Waals surface area contributed by atoms with Gasteiger partial charge >= 0.3 is 0 Å². The smallest absolute Gasteiger partial charge is 0.170 e. The Morgan fingerprint density at radius 1 is 1.18 bits per heavy atom. The lowest BCUT2D eigenvalue weighted by molar-refractivity contribution is -0.700. The van der Waals surface area contributed by atoms with Crippen LogP contribution in [0, 0.1) is 5.92 Å². The van der Waals surface area contributed by atoms with Crippen LogP contribution in [0.15, 0.2) is 24.5 Å². The van der Waals surface area contributed by atoms with E-state index >= 15 is 0 Å². The van der Waals surface area contributed by atoms with Gasteiger partial charge in [0.1, 0.15) is 0 Å². The number of hydrogen-bond donors (Lipinski definition) is 0. The van der Waals surface area contributed by atoms with E-state index in [1.165, 1.54) is 25.1 Å². The number of pyridine rings is 1. The predicted molar refractivity (Wildman–Crippen MR) is 62.4 cm³/mol. The molecule has 1 aromatic rings. The molecule has 17 heavy (non-hydrogen) atoms. The lowest BCUT2D eigenvalue weighted by Crippen LogP contribution is -3.00. The molecular weight excluding hydrogens is 236 g/mol. The highest BCUT2D eigenvalue weighted by molar-refractivity contribution is 5.43. The second kappa shape index (κ2) is 5.69.